The normalized spacial score (nSPS) is 47.5. The van der Waals surface area contributed by atoms with Gasteiger partial charge in [-0.1, -0.05) is 38.5 Å². The van der Waals surface area contributed by atoms with Crippen LogP contribution in [0.15, 0.2) is 36.1 Å². The fraction of sp³-hybridized carbons (Fsp3) is 0.667. The molecule has 0 amide bonds. The van der Waals surface area contributed by atoms with Gasteiger partial charge >= 0.3 is 0 Å². The number of nitrogens with one attached hydrogen (secondary N) is 1. The van der Waals surface area contributed by atoms with E-state index in [4.69, 9.17) is 0 Å². The number of aromatic nitrogens is 1. The van der Waals surface area contributed by atoms with E-state index in [2.05, 4.69) is 56.2 Å². The summed E-state index contributed by atoms with van der Waals surface area (Å²) in [6.07, 6.45) is 14.0. The van der Waals surface area contributed by atoms with Gasteiger partial charge < -0.3 is 10.1 Å². The molecule has 2 N–H and O–H groups in total. The van der Waals surface area contributed by atoms with Gasteiger partial charge in [0, 0.05) is 11.9 Å². The second-order valence-electron chi connectivity index (χ2n) is 10.0. The summed E-state index contributed by atoms with van der Waals surface area (Å²) in [6, 6.07) is 4.38. The molecule has 26 heavy (non-hydrogen) atoms. The molecule has 4 aliphatic rings. The Labute approximate surface area is 157 Å². The number of aliphatic hydroxyl groups excluding tert-OH is 1. The summed E-state index contributed by atoms with van der Waals surface area (Å²) in [6.45, 7) is 7.50. The van der Waals surface area contributed by atoms with Crippen molar-refractivity contribution < 1.29 is 5.11 Å². The number of H-pyrrole nitrogens is 1. The summed E-state index contributed by atoms with van der Waals surface area (Å²) < 4.78 is 0. The smallest absolute Gasteiger partial charge is 0.0577 e. The summed E-state index contributed by atoms with van der Waals surface area (Å²) in [7, 11) is 0. The first-order valence-corrected chi connectivity index (χ1v) is 10.7. The van der Waals surface area contributed by atoms with Gasteiger partial charge in [-0.25, -0.2) is 0 Å². The highest BCUT2D eigenvalue weighted by molar-refractivity contribution is 5.70. The average Bonchev–Trinajstić information content (AvgIpc) is 3.23. The number of fused-ring (bicyclic) bond motifs is 5. The van der Waals surface area contributed by atoms with Crippen LogP contribution in [0, 0.1) is 34.5 Å². The van der Waals surface area contributed by atoms with Gasteiger partial charge in [0.05, 0.1) is 6.10 Å². The molecule has 5 rings (SSSR count). The second-order valence-corrected chi connectivity index (χ2v) is 10.0. The molecule has 2 fully saturated rings. The zero-order valence-corrected chi connectivity index (χ0v) is 16.5. The van der Waals surface area contributed by atoms with Crippen molar-refractivity contribution in [2.24, 2.45) is 34.5 Å². The Morgan fingerprint density at radius 1 is 1.12 bits per heavy atom. The standard InChI is InChI=1S/C24H33NO/c1-15-13-16-14-17(26)8-10-23(16,2)20-9-11-24(3)18(21-5-4-12-25-21)6-7-19(24)22(15)20/h4-6,12-13,15,17,19-20,22,25-26H,7-11,14H2,1-3H3/t15?,17-,19-,20-,22-,23-,24+/m0/s1. The number of aliphatic hydroxyl groups is 1. The van der Waals surface area contributed by atoms with Gasteiger partial charge in [0.2, 0.25) is 0 Å². The van der Waals surface area contributed by atoms with Gasteiger partial charge in [-0.05, 0) is 90.7 Å². The van der Waals surface area contributed by atoms with E-state index >= 15 is 0 Å². The summed E-state index contributed by atoms with van der Waals surface area (Å²) in [5, 5.41) is 10.2. The zero-order valence-electron chi connectivity index (χ0n) is 16.5. The lowest BCUT2D eigenvalue weighted by atomic mass is 9.45. The van der Waals surface area contributed by atoms with Crippen LogP contribution < -0.4 is 0 Å². The molecule has 2 heteroatoms. The maximum Gasteiger partial charge on any atom is 0.0577 e. The molecule has 1 heterocycles. The third-order valence-corrected chi connectivity index (χ3v) is 8.88. The van der Waals surface area contributed by atoms with E-state index in [1.807, 2.05) is 0 Å². The van der Waals surface area contributed by atoms with Crippen LogP contribution in [0.4, 0.5) is 0 Å². The highest BCUT2D eigenvalue weighted by Crippen LogP contribution is 2.67. The van der Waals surface area contributed by atoms with Crippen molar-refractivity contribution >= 4 is 5.57 Å². The third-order valence-electron chi connectivity index (χ3n) is 8.88. The Hall–Kier alpha value is -1.28. The Morgan fingerprint density at radius 2 is 1.92 bits per heavy atom. The first-order chi connectivity index (χ1) is 12.4. The van der Waals surface area contributed by atoms with Crippen molar-refractivity contribution in [1.29, 1.82) is 0 Å². The van der Waals surface area contributed by atoms with Gasteiger partial charge in [-0.15, -0.1) is 0 Å². The van der Waals surface area contributed by atoms with Crippen molar-refractivity contribution in [2.75, 3.05) is 0 Å². The number of hydrogen-bond acceptors (Lipinski definition) is 1. The van der Waals surface area contributed by atoms with E-state index in [1.54, 1.807) is 11.1 Å². The molecule has 0 radical (unpaired) electrons. The van der Waals surface area contributed by atoms with Gasteiger partial charge in [-0.2, -0.15) is 0 Å². The maximum absolute atomic E-state index is 10.2. The molecule has 1 aromatic rings. The molecule has 140 valence electrons. The minimum absolute atomic E-state index is 0.112. The first kappa shape index (κ1) is 16.9. The number of aromatic amines is 1. The van der Waals surface area contributed by atoms with Crippen LogP contribution in [-0.2, 0) is 0 Å². The largest absolute Gasteiger partial charge is 0.393 e. The van der Waals surface area contributed by atoms with Crippen LogP contribution >= 0.6 is 0 Å². The molecule has 2 saturated carbocycles. The predicted octanol–water partition coefficient (Wildman–Crippen LogP) is 5.58. The van der Waals surface area contributed by atoms with E-state index in [-0.39, 0.29) is 6.10 Å². The van der Waals surface area contributed by atoms with Crippen molar-refractivity contribution in [3.8, 4) is 0 Å². The molecular weight excluding hydrogens is 318 g/mol. The summed E-state index contributed by atoms with van der Waals surface area (Å²) >= 11 is 0. The highest BCUT2D eigenvalue weighted by atomic mass is 16.3. The monoisotopic (exact) mass is 351 g/mol. The Morgan fingerprint density at radius 3 is 2.69 bits per heavy atom. The number of allylic oxidation sites excluding steroid dienone is 3. The highest BCUT2D eigenvalue weighted by Gasteiger charge is 2.58. The van der Waals surface area contributed by atoms with Crippen LogP contribution in [0.3, 0.4) is 0 Å². The molecule has 4 aliphatic carbocycles. The van der Waals surface area contributed by atoms with Gasteiger partial charge in [0.25, 0.3) is 0 Å². The average molecular weight is 352 g/mol. The van der Waals surface area contributed by atoms with E-state index < -0.39 is 0 Å². The molecule has 7 atom stereocenters. The van der Waals surface area contributed by atoms with Crippen molar-refractivity contribution in [2.45, 2.75) is 65.4 Å². The molecule has 2 nitrogen and oxygen atoms in total. The summed E-state index contributed by atoms with van der Waals surface area (Å²) in [5.41, 5.74) is 5.12. The molecule has 1 aromatic heterocycles. The fourth-order valence-corrected chi connectivity index (χ4v) is 7.49. The topological polar surface area (TPSA) is 36.0 Å². The first-order valence-electron chi connectivity index (χ1n) is 10.7. The van der Waals surface area contributed by atoms with Gasteiger partial charge in [0.1, 0.15) is 0 Å². The summed E-state index contributed by atoms with van der Waals surface area (Å²) in [5.74, 6) is 2.96. The van der Waals surface area contributed by atoms with Crippen LogP contribution in [0.5, 0.6) is 0 Å². The second kappa shape index (κ2) is 5.61. The quantitative estimate of drug-likeness (QED) is 0.637. The van der Waals surface area contributed by atoms with E-state index in [1.165, 1.54) is 31.4 Å². The van der Waals surface area contributed by atoms with Crippen molar-refractivity contribution in [3.63, 3.8) is 0 Å². The molecular formula is C24H33NO. The van der Waals surface area contributed by atoms with E-state index in [0.717, 1.165) is 30.6 Å². The van der Waals surface area contributed by atoms with Gasteiger partial charge in [0.15, 0.2) is 0 Å². The van der Waals surface area contributed by atoms with E-state index in [9.17, 15) is 5.11 Å². The van der Waals surface area contributed by atoms with Crippen LogP contribution in [0.1, 0.15) is 65.0 Å². The minimum Gasteiger partial charge on any atom is -0.393 e. The Bertz CT molecular complexity index is 759. The zero-order chi connectivity index (χ0) is 18.1. The molecule has 0 aliphatic heterocycles. The fourth-order valence-electron chi connectivity index (χ4n) is 7.49. The molecule has 0 bridgehead atoms. The van der Waals surface area contributed by atoms with Crippen LogP contribution in [0.2, 0.25) is 0 Å². The summed E-state index contributed by atoms with van der Waals surface area (Å²) in [4.78, 5) is 3.47. The third kappa shape index (κ3) is 2.14. The van der Waals surface area contributed by atoms with E-state index in [0.29, 0.717) is 16.7 Å². The lowest BCUT2D eigenvalue weighted by Crippen LogP contribution is -2.52. The molecule has 0 spiro atoms. The molecule has 0 aromatic carbocycles. The van der Waals surface area contributed by atoms with Gasteiger partial charge in [-0.3, -0.25) is 0 Å². The number of hydrogen-bond donors (Lipinski definition) is 2. The SMILES string of the molecule is CC1C=C2C[C@@H](O)CC[C@]2(C)[C@H]2CC[C@]3(C)C(c4ccc[nH]4)=CC[C@H]3[C@H]12. The molecule has 0 saturated heterocycles. The Kier molecular flexibility index (Phi) is 3.64. The minimum atomic E-state index is -0.112. The van der Waals surface area contributed by atoms with Crippen LogP contribution in [-0.4, -0.2) is 16.2 Å². The van der Waals surface area contributed by atoms with Crippen LogP contribution in [0.25, 0.3) is 5.57 Å². The maximum atomic E-state index is 10.2. The lowest BCUT2D eigenvalue weighted by Gasteiger charge is -2.59. The van der Waals surface area contributed by atoms with Crippen molar-refractivity contribution in [1.82, 2.24) is 4.98 Å². The van der Waals surface area contributed by atoms with Crippen molar-refractivity contribution in [3.05, 3.63) is 41.7 Å². The lowest BCUT2D eigenvalue weighted by molar-refractivity contribution is -0.0426. The predicted molar refractivity (Wildman–Crippen MR) is 106 cm³/mol. The Balaban J connectivity index is 1.52. The molecule has 1 unspecified atom stereocenters. The number of rotatable bonds is 1.